The Bertz CT molecular complexity index is 1680. The van der Waals surface area contributed by atoms with Crippen LogP contribution in [-0.2, 0) is 70.1 Å². The van der Waals surface area contributed by atoms with E-state index in [1.165, 1.54) is 0 Å². The topological polar surface area (TPSA) is 81.7 Å². The molecule has 0 aliphatic carbocycles. The van der Waals surface area contributed by atoms with E-state index >= 15 is 0 Å². The van der Waals surface area contributed by atoms with Crippen LogP contribution in [0.15, 0.2) is 152 Å². The standard InChI is InChI=1S/C41H43O8P/c1-32-38(43-27-33-17-7-2-8-18-33)39(44-28-34-19-9-3-10-20-34)40(45-29-35-21-11-4-12-22-35)41(48-32)49-50(42,46-30-36-23-13-5-14-24-36)47-31-37-25-15-6-16-26-37/h2-26,32,38-41H,27-31H2,1H3/t32-,38-,39+,40+,41-/m0/s1. The molecule has 0 radical (unpaired) electrons. The van der Waals surface area contributed by atoms with Gasteiger partial charge < -0.3 is 18.9 Å². The van der Waals surface area contributed by atoms with Crippen LogP contribution >= 0.6 is 7.82 Å². The predicted octanol–water partition coefficient (Wildman–Crippen LogP) is 9.05. The number of rotatable bonds is 17. The van der Waals surface area contributed by atoms with Crippen molar-refractivity contribution in [1.82, 2.24) is 0 Å². The summed E-state index contributed by atoms with van der Waals surface area (Å²) in [5.74, 6) is 0. The molecule has 0 bridgehead atoms. The van der Waals surface area contributed by atoms with Gasteiger partial charge in [-0.25, -0.2) is 4.57 Å². The first kappa shape index (κ1) is 35.9. The minimum absolute atomic E-state index is 0.00146. The zero-order valence-electron chi connectivity index (χ0n) is 28.1. The summed E-state index contributed by atoms with van der Waals surface area (Å²) >= 11 is 0. The van der Waals surface area contributed by atoms with Crippen molar-refractivity contribution in [2.24, 2.45) is 0 Å². The zero-order valence-corrected chi connectivity index (χ0v) is 29.0. The molecule has 0 amide bonds. The molecule has 1 aliphatic rings. The minimum Gasteiger partial charge on any atom is -0.368 e. The fourth-order valence-corrected chi connectivity index (χ4v) is 6.87. The first-order chi connectivity index (χ1) is 24.5. The molecule has 0 spiro atoms. The van der Waals surface area contributed by atoms with Crippen molar-refractivity contribution in [1.29, 1.82) is 0 Å². The molecule has 1 aliphatic heterocycles. The molecule has 1 saturated heterocycles. The van der Waals surface area contributed by atoms with Gasteiger partial charge in [0.15, 0.2) is 6.29 Å². The molecule has 0 N–H and O–H groups in total. The fraction of sp³-hybridized carbons (Fsp3) is 0.268. The fourth-order valence-electron chi connectivity index (χ4n) is 5.63. The second kappa shape index (κ2) is 18.3. The summed E-state index contributed by atoms with van der Waals surface area (Å²) in [6.07, 6.45) is -3.87. The van der Waals surface area contributed by atoms with Crippen molar-refractivity contribution in [2.75, 3.05) is 0 Å². The Balaban J connectivity index is 1.30. The van der Waals surface area contributed by atoms with Crippen molar-refractivity contribution >= 4 is 7.82 Å². The third-order valence-corrected chi connectivity index (χ3v) is 9.64. The van der Waals surface area contributed by atoms with Crippen LogP contribution in [0.4, 0.5) is 0 Å². The van der Waals surface area contributed by atoms with Gasteiger partial charge in [0.25, 0.3) is 0 Å². The summed E-state index contributed by atoms with van der Waals surface area (Å²) in [5.41, 5.74) is 4.56. The van der Waals surface area contributed by atoms with E-state index in [9.17, 15) is 4.57 Å². The van der Waals surface area contributed by atoms with E-state index in [4.69, 9.17) is 32.5 Å². The number of benzene rings is 5. The monoisotopic (exact) mass is 694 g/mol. The molecule has 1 heterocycles. The molecule has 8 nitrogen and oxygen atoms in total. The van der Waals surface area contributed by atoms with Gasteiger partial charge in [-0.05, 0) is 34.7 Å². The average molecular weight is 695 g/mol. The first-order valence-electron chi connectivity index (χ1n) is 16.8. The maximum atomic E-state index is 14.6. The summed E-state index contributed by atoms with van der Waals surface area (Å²) in [4.78, 5) is 0. The number of phosphoric ester groups is 1. The lowest BCUT2D eigenvalue weighted by molar-refractivity contribution is -0.304. The third kappa shape index (κ3) is 10.5. The van der Waals surface area contributed by atoms with Gasteiger partial charge in [0.2, 0.25) is 0 Å². The van der Waals surface area contributed by atoms with Crippen LogP contribution in [0.5, 0.6) is 0 Å². The van der Waals surface area contributed by atoms with Gasteiger partial charge in [-0.2, -0.15) is 0 Å². The van der Waals surface area contributed by atoms with Gasteiger partial charge in [0, 0.05) is 0 Å². The molecule has 0 saturated carbocycles. The molecule has 1 fully saturated rings. The summed E-state index contributed by atoms with van der Waals surface area (Å²) < 4.78 is 59.1. The number of hydrogen-bond donors (Lipinski definition) is 0. The molecule has 50 heavy (non-hydrogen) atoms. The van der Waals surface area contributed by atoms with Gasteiger partial charge in [-0.3, -0.25) is 13.6 Å². The summed E-state index contributed by atoms with van der Waals surface area (Å²) in [5, 5.41) is 0. The SMILES string of the molecule is C[C@@H]1O[C@@H](OP(=O)(OCc2ccccc2)OCc2ccccc2)[C@H](OCc2ccccc2)[C@H](OCc2ccccc2)[C@H]1OCc1ccccc1. The summed E-state index contributed by atoms with van der Waals surface area (Å²) in [6.45, 7) is 2.73. The Morgan fingerprint density at radius 2 is 0.780 bits per heavy atom. The highest BCUT2D eigenvalue weighted by Gasteiger charge is 2.50. The molecule has 0 aromatic heterocycles. The Labute approximate surface area is 294 Å². The van der Waals surface area contributed by atoms with Gasteiger partial charge in [0.05, 0.1) is 39.1 Å². The number of ether oxygens (including phenoxy) is 4. The summed E-state index contributed by atoms with van der Waals surface area (Å²) in [6, 6.07) is 48.5. The Kier molecular flexibility index (Phi) is 13.1. The lowest BCUT2D eigenvalue weighted by Gasteiger charge is -2.45. The molecule has 6 rings (SSSR count). The Morgan fingerprint density at radius 1 is 0.460 bits per heavy atom. The third-order valence-electron chi connectivity index (χ3n) is 8.28. The molecule has 9 heteroatoms. The minimum atomic E-state index is -4.27. The Morgan fingerprint density at radius 3 is 1.16 bits per heavy atom. The molecular weight excluding hydrogens is 651 g/mol. The lowest BCUT2D eigenvalue weighted by Crippen LogP contribution is -2.59. The van der Waals surface area contributed by atoms with E-state index in [1.54, 1.807) is 0 Å². The van der Waals surface area contributed by atoms with Crippen LogP contribution in [0.25, 0.3) is 0 Å². The molecule has 260 valence electrons. The second-order valence-electron chi connectivity index (χ2n) is 12.1. The van der Waals surface area contributed by atoms with E-state index in [0.717, 1.165) is 27.8 Å². The number of phosphoric acid groups is 1. The molecule has 5 aromatic rings. The van der Waals surface area contributed by atoms with Crippen molar-refractivity contribution < 1.29 is 37.1 Å². The zero-order chi connectivity index (χ0) is 34.4. The highest BCUT2D eigenvalue weighted by atomic mass is 31.2. The molecule has 5 atom stereocenters. The smallest absolute Gasteiger partial charge is 0.368 e. The van der Waals surface area contributed by atoms with E-state index < -0.39 is 38.5 Å². The summed E-state index contributed by atoms with van der Waals surface area (Å²) in [7, 11) is -4.27. The first-order valence-corrected chi connectivity index (χ1v) is 18.3. The van der Waals surface area contributed by atoms with Gasteiger partial charge in [-0.1, -0.05) is 152 Å². The van der Waals surface area contributed by atoms with Crippen LogP contribution in [0.3, 0.4) is 0 Å². The maximum Gasteiger partial charge on any atom is 0.477 e. The quantitative estimate of drug-likeness (QED) is 0.0893. The normalized spacial score (nSPS) is 20.8. The van der Waals surface area contributed by atoms with Crippen LogP contribution in [0, 0.1) is 0 Å². The largest absolute Gasteiger partial charge is 0.477 e. The Hall–Kier alpha value is -3.95. The van der Waals surface area contributed by atoms with Crippen molar-refractivity contribution in [2.45, 2.75) is 70.7 Å². The lowest BCUT2D eigenvalue weighted by atomic mass is 9.98. The molecule has 5 aromatic carbocycles. The van der Waals surface area contributed by atoms with Crippen molar-refractivity contribution in [3.05, 3.63) is 179 Å². The van der Waals surface area contributed by atoms with E-state index in [1.807, 2.05) is 159 Å². The van der Waals surface area contributed by atoms with Gasteiger partial charge in [0.1, 0.15) is 18.3 Å². The highest BCUT2D eigenvalue weighted by Crippen LogP contribution is 2.53. The van der Waals surface area contributed by atoms with Gasteiger partial charge >= 0.3 is 7.82 Å². The highest BCUT2D eigenvalue weighted by molar-refractivity contribution is 7.48. The maximum absolute atomic E-state index is 14.6. The van der Waals surface area contributed by atoms with E-state index in [0.29, 0.717) is 6.61 Å². The molecule has 0 unspecified atom stereocenters. The van der Waals surface area contributed by atoms with Crippen LogP contribution in [0.2, 0.25) is 0 Å². The van der Waals surface area contributed by atoms with E-state index in [-0.39, 0.29) is 26.4 Å². The number of hydrogen-bond acceptors (Lipinski definition) is 8. The van der Waals surface area contributed by atoms with E-state index in [2.05, 4.69) is 0 Å². The molecular formula is C41H43O8P. The van der Waals surface area contributed by atoms with Crippen molar-refractivity contribution in [3.63, 3.8) is 0 Å². The van der Waals surface area contributed by atoms with Gasteiger partial charge in [-0.15, -0.1) is 0 Å². The second-order valence-corrected chi connectivity index (χ2v) is 13.7. The predicted molar refractivity (Wildman–Crippen MR) is 191 cm³/mol. The van der Waals surface area contributed by atoms with Crippen LogP contribution in [0.1, 0.15) is 34.7 Å². The van der Waals surface area contributed by atoms with Crippen molar-refractivity contribution in [3.8, 4) is 0 Å². The average Bonchev–Trinajstić information content (AvgIpc) is 3.17. The van der Waals surface area contributed by atoms with Crippen LogP contribution < -0.4 is 0 Å². The van der Waals surface area contributed by atoms with Crippen LogP contribution in [-0.4, -0.2) is 30.7 Å².